The van der Waals surface area contributed by atoms with Gasteiger partial charge in [0.1, 0.15) is 0 Å². The Morgan fingerprint density at radius 3 is 2.67 bits per heavy atom. The molecule has 62 valence electrons. The lowest BCUT2D eigenvalue weighted by Gasteiger charge is -1.86. The molecule has 1 aromatic carbocycles. The van der Waals surface area contributed by atoms with Gasteiger partial charge in [-0.1, -0.05) is 42.8 Å². The smallest absolute Gasteiger partial charge is 0.0254 e. The van der Waals surface area contributed by atoms with Crippen molar-refractivity contribution in [2.75, 3.05) is 5.75 Å². The van der Waals surface area contributed by atoms with E-state index in [0.717, 1.165) is 11.3 Å². The molecular weight excluding hydrogens is 164 g/mol. The van der Waals surface area contributed by atoms with Gasteiger partial charge in [-0.25, -0.2) is 0 Å². The molecule has 0 spiro atoms. The lowest BCUT2D eigenvalue weighted by atomic mass is 10.2. The van der Waals surface area contributed by atoms with Gasteiger partial charge in [-0.2, -0.15) is 0 Å². The minimum Gasteiger partial charge on any atom is -0.0747 e. The monoisotopic (exact) mass is 176 g/mol. The first-order valence-electron chi connectivity index (χ1n) is 4.11. The molecular formula is C11H12S. The van der Waals surface area contributed by atoms with Gasteiger partial charge in [-0.05, 0) is 23.8 Å². The van der Waals surface area contributed by atoms with Crippen LogP contribution in [0.3, 0.4) is 0 Å². The molecule has 0 bridgehead atoms. The van der Waals surface area contributed by atoms with Crippen molar-refractivity contribution in [3.05, 3.63) is 35.9 Å². The molecule has 0 fully saturated rings. The highest BCUT2D eigenvalue weighted by atomic mass is 32.2. The van der Waals surface area contributed by atoms with Gasteiger partial charge in [0.15, 0.2) is 0 Å². The molecule has 0 N–H and O–H groups in total. The Morgan fingerprint density at radius 1 is 1.25 bits per heavy atom. The summed E-state index contributed by atoms with van der Waals surface area (Å²) in [6.45, 7) is 2.16. The average molecular weight is 176 g/mol. The zero-order valence-corrected chi connectivity index (χ0v) is 8.03. The van der Waals surface area contributed by atoms with E-state index in [1.807, 2.05) is 30.3 Å². The summed E-state index contributed by atoms with van der Waals surface area (Å²) in [5.41, 5.74) is 1.10. The van der Waals surface area contributed by atoms with Crippen LogP contribution in [0.2, 0.25) is 0 Å². The van der Waals surface area contributed by atoms with Crippen LogP contribution in [0.1, 0.15) is 18.9 Å². The Morgan fingerprint density at radius 2 is 2.00 bits per heavy atom. The number of hydrogen-bond donors (Lipinski definition) is 0. The van der Waals surface area contributed by atoms with E-state index < -0.39 is 0 Å². The van der Waals surface area contributed by atoms with Crippen LogP contribution in [0.4, 0.5) is 0 Å². The lowest BCUT2D eigenvalue weighted by Crippen LogP contribution is -1.71. The van der Waals surface area contributed by atoms with E-state index in [1.165, 1.54) is 6.42 Å². The molecule has 0 aromatic heterocycles. The Bertz CT molecular complexity index is 266. The fourth-order valence-electron chi connectivity index (χ4n) is 0.770. The molecule has 0 heterocycles. The maximum atomic E-state index is 3.09. The third kappa shape index (κ3) is 3.50. The Labute approximate surface area is 78.4 Å². The maximum absolute atomic E-state index is 3.09. The van der Waals surface area contributed by atoms with Crippen molar-refractivity contribution in [1.82, 2.24) is 0 Å². The molecule has 1 aromatic rings. The van der Waals surface area contributed by atoms with Crippen molar-refractivity contribution in [3.63, 3.8) is 0 Å². The molecule has 0 unspecified atom stereocenters. The fraction of sp³-hybridized carbons (Fsp3) is 0.273. The molecule has 0 aliphatic heterocycles. The quantitative estimate of drug-likeness (QED) is 0.493. The van der Waals surface area contributed by atoms with Gasteiger partial charge >= 0.3 is 0 Å². The summed E-state index contributed by atoms with van der Waals surface area (Å²) >= 11 is 1.69. The predicted molar refractivity (Wildman–Crippen MR) is 56.1 cm³/mol. The molecule has 0 aliphatic carbocycles. The molecule has 0 radical (unpaired) electrons. The molecule has 0 aliphatic rings. The van der Waals surface area contributed by atoms with Crippen LogP contribution in [0, 0.1) is 11.2 Å². The molecule has 0 nitrogen and oxygen atoms in total. The van der Waals surface area contributed by atoms with E-state index in [-0.39, 0.29) is 0 Å². The first-order valence-corrected chi connectivity index (χ1v) is 5.10. The van der Waals surface area contributed by atoms with Crippen molar-refractivity contribution < 1.29 is 0 Å². The largest absolute Gasteiger partial charge is 0.0747 e. The Hall–Kier alpha value is -0.870. The first-order chi connectivity index (χ1) is 5.93. The normalized spacial score (nSPS) is 8.75. The van der Waals surface area contributed by atoms with Gasteiger partial charge in [0, 0.05) is 11.3 Å². The zero-order chi connectivity index (χ0) is 8.65. The SMILES string of the molecule is CCCSC#Cc1ccccc1. The van der Waals surface area contributed by atoms with Gasteiger partial charge in [0.25, 0.3) is 0 Å². The lowest BCUT2D eigenvalue weighted by molar-refractivity contribution is 1.11. The number of hydrogen-bond acceptors (Lipinski definition) is 1. The van der Waals surface area contributed by atoms with Crippen LogP contribution in [0.25, 0.3) is 0 Å². The maximum Gasteiger partial charge on any atom is 0.0254 e. The summed E-state index contributed by atoms with van der Waals surface area (Å²) in [7, 11) is 0. The second-order valence-corrected chi connectivity index (χ2v) is 3.34. The van der Waals surface area contributed by atoms with Crippen molar-refractivity contribution in [1.29, 1.82) is 0 Å². The number of rotatable bonds is 2. The average Bonchev–Trinajstić information content (AvgIpc) is 2.14. The van der Waals surface area contributed by atoms with Crippen LogP contribution >= 0.6 is 11.8 Å². The molecule has 1 rings (SSSR count). The molecule has 12 heavy (non-hydrogen) atoms. The molecule has 0 atom stereocenters. The van der Waals surface area contributed by atoms with E-state index in [1.54, 1.807) is 11.8 Å². The second-order valence-electron chi connectivity index (χ2n) is 2.44. The third-order valence-electron chi connectivity index (χ3n) is 1.35. The first kappa shape index (κ1) is 9.22. The number of thioether (sulfide) groups is 1. The van der Waals surface area contributed by atoms with E-state index in [9.17, 15) is 0 Å². The van der Waals surface area contributed by atoms with Crippen LogP contribution in [0.15, 0.2) is 30.3 Å². The van der Waals surface area contributed by atoms with Gasteiger partial charge in [0.05, 0.1) is 0 Å². The molecule has 1 heteroatoms. The topological polar surface area (TPSA) is 0 Å². The minimum absolute atomic E-state index is 1.10. The molecule has 0 saturated heterocycles. The summed E-state index contributed by atoms with van der Waals surface area (Å²) < 4.78 is 0. The summed E-state index contributed by atoms with van der Waals surface area (Å²) in [5.74, 6) is 4.22. The van der Waals surface area contributed by atoms with Gasteiger partial charge in [0.2, 0.25) is 0 Å². The Kier molecular flexibility index (Phi) is 4.41. The minimum atomic E-state index is 1.10. The molecule has 0 amide bonds. The van der Waals surface area contributed by atoms with Crippen molar-refractivity contribution in [2.45, 2.75) is 13.3 Å². The molecule has 0 saturated carbocycles. The van der Waals surface area contributed by atoms with Crippen LogP contribution < -0.4 is 0 Å². The Balaban J connectivity index is 2.44. The summed E-state index contributed by atoms with van der Waals surface area (Å²) in [6, 6.07) is 10.1. The van der Waals surface area contributed by atoms with Crippen molar-refractivity contribution >= 4 is 11.8 Å². The van der Waals surface area contributed by atoms with Crippen molar-refractivity contribution in [3.8, 4) is 11.2 Å². The zero-order valence-electron chi connectivity index (χ0n) is 7.21. The van der Waals surface area contributed by atoms with Gasteiger partial charge in [-0.3, -0.25) is 0 Å². The summed E-state index contributed by atoms with van der Waals surface area (Å²) in [6.07, 6.45) is 1.19. The van der Waals surface area contributed by atoms with E-state index in [2.05, 4.69) is 18.1 Å². The summed E-state index contributed by atoms with van der Waals surface area (Å²) in [5, 5.41) is 3.07. The van der Waals surface area contributed by atoms with Crippen LogP contribution in [0.5, 0.6) is 0 Å². The van der Waals surface area contributed by atoms with Crippen LogP contribution in [-0.4, -0.2) is 5.75 Å². The van der Waals surface area contributed by atoms with E-state index in [4.69, 9.17) is 0 Å². The predicted octanol–water partition coefficient (Wildman–Crippen LogP) is 3.14. The van der Waals surface area contributed by atoms with Gasteiger partial charge in [-0.15, -0.1) is 0 Å². The number of benzene rings is 1. The third-order valence-corrected chi connectivity index (χ3v) is 2.21. The second kappa shape index (κ2) is 5.74. The fourth-order valence-corrected chi connectivity index (χ4v) is 1.27. The highest BCUT2D eigenvalue weighted by Crippen LogP contribution is 2.00. The highest BCUT2D eigenvalue weighted by Gasteiger charge is 1.81. The van der Waals surface area contributed by atoms with Gasteiger partial charge < -0.3 is 0 Å². The van der Waals surface area contributed by atoms with E-state index in [0.29, 0.717) is 0 Å². The standard InChI is InChI=1S/C11H12S/c1-2-9-12-10-8-11-6-4-3-5-7-11/h3-7H,2,9H2,1H3. The highest BCUT2D eigenvalue weighted by molar-refractivity contribution is 8.03. The summed E-state index contributed by atoms with van der Waals surface area (Å²) in [4.78, 5) is 0. The van der Waals surface area contributed by atoms with Crippen LogP contribution in [-0.2, 0) is 0 Å². The van der Waals surface area contributed by atoms with Crippen molar-refractivity contribution in [2.24, 2.45) is 0 Å². The van der Waals surface area contributed by atoms with E-state index >= 15 is 0 Å².